The minimum Gasteiger partial charge on any atom is -0.371 e. The Labute approximate surface area is 76.7 Å². The predicted octanol–water partition coefficient (Wildman–Crippen LogP) is 1.49. The molecule has 0 aliphatic carbocycles. The molecule has 2 rings (SSSR count). The number of ether oxygens (including phenoxy) is 1. The summed E-state index contributed by atoms with van der Waals surface area (Å²) in [5, 5.41) is 3.21. The number of morpholine rings is 1. The molecule has 2 nitrogen and oxygen atoms in total. The van der Waals surface area contributed by atoms with Gasteiger partial charge in [-0.25, -0.2) is 4.39 Å². The zero-order chi connectivity index (χ0) is 9.10. The molecule has 70 valence electrons. The molecule has 0 aromatic heterocycles. The number of halogens is 1. The first kappa shape index (κ1) is 8.66. The molecule has 1 N–H and O–H groups in total. The average molecular weight is 181 g/mol. The summed E-state index contributed by atoms with van der Waals surface area (Å²) in [6.45, 7) is 2.34. The van der Waals surface area contributed by atoms with E-state index in [1.54, 1.807) is 6.07 Å². The maximum atomic E-state index is 12.8. The Morgan fingerprint density at radius 1 is 1.46 bits per heavy atom. The molecule has 1 fully saturated rings. The van der Waals surface area contributed by atoms with Crippen molar-refractivity contribution in [2.24, 2.45) is 0 Å². The highest BCUT2D eigenvalue weighted by Crippen LogP contribution is 2.18. The van der Waals surface area contributed by atoms with Crippen molar-refractivity contribution in [3.8, 4) is 0 Å². The molecular weight excluding hydrogens is 169 g/mol. The lowest BCUT2D eigenvalue weighted by molar-refractivity contribution is 0.0275. The summed E-state index contributed by atoms with van der Waals surface area (Å²) in [4.78, 5) is 0. The largest absolute Gasteiger partial charge is 0.371 e. The average Bonchev–Trinajstić information content (AvgIpc) is 2.19. The van der Waals surface area contributed by atoms with Crippen molar-refractivity contribution in [2.75, 3.05) is 19.7 Å². The highest BCUT2D eigenvalue weighted by molar-refractivity contribution is 5.19. The SMILES string of the molecule is Fc1cccc([C@@H]2CNCCO2)c1. The quantitative estimate of drug-likeness (QED) is 0.708. The van der Waals surface area contributed by atoms with Gasteiger partial charge >= 0.3 is 0 Å². The molecule has 0 spiro atoms. The van der Waals surface area contributed by atoms with Gasteiger partial charge in [-0.3, -0.25) is 0 Å². The van der Waals surface area contributed by atoms with Crippen LogP contribution in [0.25, 0.3) is 0 Å². The maximum absolute atomic E-state index is 12.8. The summed E-state index contributed by atoms with van der Waals surface area (Å²) in [5.41, 5.74) is 0.909. The minimum atomic E-state index is -0.202. The summed E-state index contributed by atoms with van der Waals surface area (Å²) in [5.74, 6) is -0.202. The second kappa shape index (κ2) is 3.85. The fourth-order valence-corrected chi connectivity index (χ4v) is 1.49. The summed E-state index contributed by atoms with van der Waals surface area (Å²) in [7, 11) is 0. The van der Waals surface area contributed by atoms with Crippen LogP contribution in [0.3, 0.4) is 0 Å². The van der Waals surface area contributed by atoms with Crippen molar-refractivity contribution in [1.29, 1.82) is 0 Å². The van der Waals surface area contributed by atoms with Crippen LogP contribution in [0.15, 0.2) is 24.3 Å². The lowest BCUT2D eigenvalue weighted by atomic mass is 10.1. The molecule has 0 unspecified atom stereocenters. The smallest absolute Gasteiger partial charge is 0.123 e. The van der Waals surface area contributed by atoms with Gasteiger partial charge in [0.15, 0.2) is 0 Å². The highest BCUT2D eigenvalue weighted by Gasteiger charge is 2.15. The van der Waals surface area contributed by atoms with E-state index in [1.165, 1.54) is 12.1 Å². The van der Waals surface area contributed by atoms with Gasteiger partial charge in [0.05, 0.1) is 12.7 Å². The van der Waals surface area contributed by atoms with Crippen LogP contribution in [-0.2, 0) is 4.74 Å². The Morgan fingerprint density at radius 3 is 3.08 bits per heavy atom. The molecule has 1 aliphatic heterocycles. The molecule has 1 atom stereocenters. The third kappa shape index (κ3) is 2.05. The third-order valence-electron chi connectivity index (χ3n) is 2.15. The molecule has 3 heteroatoms. The van der Waals surface area contributed by atoms with Gasteiger partial charge in [-0.15, -0.1) is 0 Å². The van der Waals surface area contributed by atoms with Crippen LogP contribution in [0.5, 0.6) is 0 Å². The number of benzene rings is 1. The van der Waals surface area contributed by atoms with Gasteiger partial charge < -0.3 is 10.1 Å². The van der Waals surface area contributed by atoms with E-state index in [0.717, 1.165) is 18.7 Å². The minimum absolute atomic E-state index is 0.00412. The maximum Gasteiger partial charge on any atom is 0.123 e. The normalized spacial score (nSPS) is 23.0. The number of hydrogen-bond acceptors (Lipinski definition) is 2. The number of rotatable bonds is 1. The Morgan fingerprint density at radius 2 is 2.38 bits per heavy atom. The second-order valence-electron chi connectivity index (χ2n) is 3.12. The van der Waals surface area contributed by atoms with Gasteiger partial charge in [0, 0.05) is 13.1 Å². The van der Waals surface area contributed by atoms with Gasteiger partial charge in [0.2, 0.25) is 0 Å². The van der Waals surface area contributed by atoms with Crippen LogP contribution in [0, 0.1) is 5.82 Å². The van der Waals surface area contributed by atoms with Crippen molar-refractivity contribution in [3.05, 3.63) is 35.6 Å². The molecule has 0 amide bonds. The van der Waals surface area contributed by atoms with Crippen LogP contribution >= 0.6 is 0 Å². The monoisotopic (exact) mass is 181 g/mol. The molecule has 1 heterocycles. The van der Waals surface area contributed by atoms with Crippen molar-refractivity contribution < 1.29 is 9.13 Å². The fraction of sp³-hybridized carbons (Fsp3) is 0.400. The van der Waals surface area contributed by atoms with Crippen LogP contribution in [0.2, 0.25) is 0 Å². The topological polar surface area (TPSA) is 21.3 Å². The Balaban J connectivity index is 2.14. The summed E-state index contributed by atoms with van der Waals surface area (Å²) >= 11 is 0. The molecule has 0 bridgehead atoms. The van der Waals surface area contributed by atoms with Crippen LogP contribution < -0.4 is 5.32 Å². The Bertz CT molecular complexity index is 284. The Hall–Kier alpha value is -0.930. The van der Waals surface area contributed by atoms with Gasteiger partial charge in [0.25, 0.3) is 0 Å². The van der Waals surface area contributed by atoms with E-state index in [1.807, 2.05) is 6.07 Å². The zero-order valence-corrected chi connectivity index (χ0v) is 7.29. The van der Waals surface area contributed by atoms with Gasteiger partial charge in [-0.1, -0.05) is 12.1 Å². The van der Waals surface area contributed by atoms with E-state index < -0.39 is 0 Å². The van der Waals surface area contributed by atoms with E-state index in [4.69, 9.17) is 4.74 Å². The van der Waals surface area contributed by atoms with E-state index in [-0.39, 0.29) is 11.9 Å². The standard InChI is InChI=1S/C10H12FNO/c11-9-3-1-2-8(6-9)10-7-12-4-5-13-10/h1-3,6,10,12H,4-5,7H2/t10-/m0/s1. The van der Waals surface area contributed by atoms with Gasteiger partial charge in [-0.2, -0.15) is 0 Å². The number of hydrogen-bond donors (Lipinski definition) is 1. The van der Waals surface area contributed by atoms with Gasteiger partial charge in [0.1, 0.15) is 5.82 Å². The first-order valence-electron chi connectivity index (χ1n) is 4.44. The summed E-state index contributed by atoms with van der Waals surface area (Å²) in [6.07, 6.45) is 0.00412. The van der Waals surface area contributed by atoms with Crippen molar-refractivity contribution in [3.63, 3.8) is 0 Å². The Kier molecular flexibility index (Phi) is 2.57. The van der Waals surface area contributed by atoms with Gasteiger partial charge in [-0.05, 0) is 17.7 Å². The van der Waals surface area contributed by atoms with Crippen LogP contribution in [-0.4, -0.2) is 19.7 Å². The first-order valence-corrected chi connectivity index (χ1v) is 4.44. The van der Waals surface area contributed by atoms with Crippen molar-refractivity contribution in [2.45, 2.75) is 6.10 Å². The molecule has 1 aromatic carbocycles. The van der Waals surface area contributed by atoms with E-state index in [2.05, 4.69) is 5.32 Å². The lowest BCUT2D eigenvalue weighted by Gasteiger charge is -2.23. The summed E-state index contributed by atoms with van der Waals surface area (Å²) < 4.78 is 18.3. The highest BCUT2D eigenvalue weighted by atomic mass is 19.1. The third-order valence-corrected chi connectivity index (χ3v) is 2.15. The fourth-order valence-electron chi connectivity index (χ4n) is 1.49. The molecule has 0 radical (unpaired) electrons. The molecule has 0 saturated carbocycles. The van der Waals surface area contributed by atoms with E-state index in [9.17, 15) is 4.39 Å². The molecule has 1 aromatic rings. The van der Waals surface area contributed by atoms with Crippen molar-refractivity contribution >= 4 is 0 Å². The second-order valence-corrected chi connectivity index (χ2v) is 3.12. The molecular formula is C10H12FNO. The summed E-state index contributed by atoms with van der Waals surface area (Å²) in [6, 6.07) is 6.57. The molecule has 1 aliphatic rings. The van der Waals surface area contributed by atoms with Crippen LogP contribution in [0.4, 0.5) is 4.39 Å². The molecule has 13 heavy (non-hydrogen) atoms. The number of nitrogens with one attached hydrogen (secondary N) is 1. The zero-order valence-electron chi connectivity index (χ0n) is 7.29. The van der Waals surface area contributed by atoms with E-state index >= 15 is 0 Å². The van der Waals surface area contributed by atoms with Crippen LogP contribution in [0.1, 0.15) is 11.7 Å². The molecule has 1 saturated heterocycles. The lowest BCUT2D eigenvalue weighted by Crippen LogP contribution is -2.33. The van der Waals surface area contributed by atoms with Crippen molar-refractivity contribution in [1.82, 2.24) is 5.32 Å². The first-order chi connectivity index (χ1) is 6.36. The predicted molar refractivity (Wildman–Crippen MR) is 48.0 cm³/mol. The van der Waals surface area contributed by atoms with E-state index in [0.29, 0.717) is 6.61 Å².